The molecule has 1 amide bonds. The fraction of sp³-hybridized carbons (Fsp3) is 0.545. The minimum Gasteiger partial charge on any atom is -0.492 e. The zero-order chi connectivity index (χ0) is 27.7. The third-order valence-electron chi connectivity index (χ3n) is 7.19. The number of amides is 1. The molecule has 39 heavy (non-hydrogen) atoms. The lowest BCUT2D eigenvalue weighted by Crippen LogP contribution is -2.28. The zero-order valence-electron chi connectivity index (χ0n) is 24.0. The standard InChI is InChI=1S/C33H47ClN2O2S/c1-3-4-5-6-7-8-9-10-11-12-13-14-21-38-33-24-30(18-19-32(33)34)26-36(28(2)37)31-17-15-16-29(23-31)25-35-20-22-39-27-35/h15-20,22-24H,3-14,21,25-27H2,1-2H3. The summed E-state index contributed by atoms with van der Waals surface area (Å²) in [5.41, 5.74) is 3.10. The number of benzene rings is 2. The number of anilines is 1. The zero-order valence-corrected chi connectivity index (χ0v) is 25.6. The fourth-order valence-electron chi connectivity index (χ4n) is 4.92. The van der Waals surface area contributed by atoms with E-state index in [1.165, 1.54) is 76.2 Å². The first-order chi connectivity index (χ1) is 19.1. The summed E-state index contributed by atoms with van der Waals surface area (Å²) in [5.74, 6) is 1.68. The van der Waals surface area contributed by atoms with Crippen molar-refractivity contribution in [2.75, 3.05) is 17.4 Å². The van der Waals surface area contributed by atoms with Gasteiger partial charge in [0, 0.05) is 25.4 Å². The minimum atomic E-state index is 0.0117. The van der Waals surface area contributed by atoms with Crippen molar-refractivity contribution in [1.29, 1.82) is 0 Å². The molecule has 0 saturated carbocycles. The second-order valence-corrected chi connectivity index (χ2v) is 11.9. The van der Waals surface area contributed by atoms with Crippen LogP contribution in [0.15, 0.2) is 54.1 Å². The molecule has 0 N–H and O–H groups in total. The Kier molecular flexibility index (Phi) is 14.7. The molecule has 4 nitrogen and oxygen atoms in total. The van der Waals surface area contributed by atoms with Gasteiger partial charge in [0.2, 0.25) is 5.91 Å². The summed E-state index contributed by atoms with van der Waals surface area (Å²) in [4.78, 5) is 16.7. The van der Waals surface area contributed by atoms with Crippen molar-refractivity contribution in [2.24, 2.45) is 0 Å². The maximum atomic E-state index is 12.6. The molecule has 2 aromatic rings. The van der Waals surface area contributed by atoms with E-state index in [1.807, 2.05) is 35.2 Å². The fourth-order valence-corrected chi connectivity index (χ4v) is 5.80. The molecule has 0 fully saturated rings. The smallest absolute Gasteiger partial charge is 0.224 e. The van der Waals surface area contributed by atoms with E-state index in [0.29, 0.717) is 23.9 Å². The van der Waals surface area contributed by atoms with E-state index < -0.39 is 0 Å². The van der Waals surface area contributed by atoms with E-state index in [4.69, 9.17) is 16.3 Å². The molecule has 3 rings (SSSR count). The first-order valence-corrected chi connectivity index (χ1v) is 16.3. The van der Waals surface area contributed by atoms with Crippen LogP contribution in [0.1, 0.15) is 102 Å². The normalized spacial score (nSPS) is 12.7. The van der Waals surface area contributed by atoms with E-state index in [0.717, 1.165) is 30.1 Å². The number of thioether (sulfide) groups is 1. The number of rotatable bonds is 19. The van der Waals surface area contributed by atoms with E-state index in [2.05, 4.69) is 35.6 Å². The van der Waals surface area contributed by atoms with Gasteiger partial charge >= 0.3 is 0 Å². The maximum absolute atomic E-state index is 12.6. The quantitative estimate of drug-likeness (QED) is 0.157. The van der Waals surface area contributed by atoms with Crippen molar-refractivity contribution >= 4 is 35.0 Å². The predicted molar refractivity (Wildman–Crippen MR) is 168 cm³/mol. The van der Waals surface area contributed by atoms with Gasteiger partial charge in [0.25, 0.3) is 0 Å². The molecule has 0 atom stereocenters. The number of unbranched alkanes of at least 4 members (excludes halogenated alkanes) is 11. The molecule has 1 aliphatic rings. The largest absolute Gasteiger partial charge is 0.492 e. The van der Waals surface area contributed by atoms with Crippen molar-refractivity contribution in [1.82, 2.24) is 4.90 Å². The summed E-state index contributed by atoms with van der Waals surface area (Å²) >= 11 is 8.24. The number of hydrogen-bond donors (Lipinski definition) is 0. The van der Waals surface area contributed by atoms with Crippen LogP contribution in [0.3, 0.4) is 0 Å². The van der Waals surface area contributed by atoms with Gasteiger partial charge in [-0.3, -0.25) is 4.79 Å². The molecule has 0 spiro atoms. The number of nitrogens with zero attached hydrogens (tertiary/aromatic N) is 2. The van der Waals surface area contributed by atoms with Gasteiger partial charge in [-0.25, -0.2) is 0 Å². The van der Waals surface area contributed by atoms with Crippen LogP contribution in [0.5, 0.6) is 5.75 Å². The van der Waals surface area contributed by atoms with Gasteiger partial charge in [0.15, 0.2) is 0 Å². The first-order valence-electron chi connectivity index (χ1n) is 14.9. The van der Waals surface area contributed by atoms with Crippen LogP contribution in [0, 0.1) is 0 Å². The summed E-state index contributed by atoms with van der Waals surface area (Å²) in [6.45, 7) is 5.87. The number of carbonyl (C=O) groups is 1. The van der Waals surface area contributed by atoms with Crippen molar-refractivity contribution in [3.63, 3.8) is 0 Å². The molecular weight excluding hydrogens is 524 g/mol. The van der Waals surface area contributed by atoms with E-state index in [-0.39, 0.29) is 5.91 Å². The number of halogens is 1. The Morgan fingerprint density at radius 2 is 1.62 bits per heavy atom. The molecule has 0 radical (unpaired) electrons. The van der Waals surface area contributed by atoms with Gasteiger partial charge in [0.1, 0.15) is 5.75 Å². The summed E-state index contributed by atoms with van der Waals surface area (Å²) < 4.78 is 6.06. The lowest BCUT2D eigenvalue weighted by Gasteiger charge is -2.23. The SMILES string of the molecule is CCCCCCCCCCCCCCOc1cc(CN(C(C)=O)c2cccc(CN3C=CSC3)c2)ccc1Cl. The lowest BCUT2D eigenvalue weighted by atomic mass is 10.1. The van der Waals surface area contributed by atoms with Gasteiger partial charge in [-0.05, 0) is 47.2 Å². The highest BCUT2D eigenvalue weighted by Crippen LogP contribution is 2.28. The summed E-state index contributed by atoms with van der Waals surface area (Å²) in [5, 5.41) is 2.73. The van der Waals surface area contributed by atoms with Crippen LogP contribution < -0.4 is 9.64 Å². The highest BCUT2D eigenvalue weighted by Gasteiger charge is 2.15. The van der Waals surface area contributed by atoms with Crippen molar-refractivity contribution in [3.05, 3.63) is 70.2 Å². The molecule has 0 bridgehead atoms. The highest BCUT2D eigenvalue weighted by molar-refractivity contribution is 8.02. The Hall–Kier alpha value is -2.11. The average Bonchev–Trinajstić information content (AvgIpc) is 3.44. The predicted octanol–water partition coefficient (Wildman–Crippen LogP) is 9.95. The molecule has 1 aliphatic heterocycles. The van der Waals surface area contributed by atoms with Crippen LogP contribution in [-0.4, -0.2) is 23.3 Å². The Bertz CT molecular complexity index is 1030. The third-order valence-corrected chi connectivity index (χ3v) is 8.30. The topological polar surface area (TPSA) is 32.8 Å². The van der Waals surface area contributed by atoms with Crippen LogP contribution in [0.25, 0.3) is 0 Å². The van der Waals surface area contributed by atoms with E-state index in [1.54, 1.807) is 18.7 Å². The summed E-state index contributed by atoms with van der Waals surface area (Å²) in [6, 6.07) is 14.1. The Morgan fingerprint density at radius 3 is 2.26 bits per heavy atom. The Balaban J connectivity index is 1.41. The van der Waals surface area contributed by atoms with Crippen molar-refractivity contribution in [2.45, 2.75) is 104 Å². The molecule has 0 unspecified atom stereocenters. The molecule has 6 heteroatoms. The minimum absolute atomic E-state index is 0.0117. The Labute approximate surface area is 246 Å². The second-order valence-electron chi connectivity index (χ2n) is 10.6. The second kappa shape index (κ2) is 18.3. The van der Waals surface area contributed by atoms with Gasteiger partial charge in [-0.15, -0.1) is 11.8 Å². The monoisotopic (exact) mass is 570 g/mol. The molecule has 214 valence electrons. The molecule has 0 aliphatic carbocycles. The van der Waals surface area contributed by atoms with Gasteiger partial charge in [-0.2, -0.15) is 0 Å². The van der Waals surface area contributed by atoms with Crippen LogP contribution in [-0.2, 0) is 17.9 Å². The number of carbonyl (C=O) groups excluding carboxylic acids is 1. The van der Waals surface area contributed by atoms with Gasteiger partial charge in [-0.1, -0.05) is 107 Å². The van der Waals surface area contributed by atoms with Crippen LogP contribution >= 0.6 is 23.4 Å². The number of hydrogen-bond acceptors (Lipinski definition) is 4. The van der Waals surface area contributed by atoms with Gasteiger partial charge < -0.3 is 14.5 Å². The lowest BCUT2D eigenvalue weighted by molar-refractivity contribution is -0.116. The van der Waals surface area contributed by atoms with E-state index in [9.17, 15) is 4.79 Å². The van der Waals surface area contributed by atoms with Crippen molar-refractivity contribution < 1.29 is 9.53 Å². The molecular formula is C33H47ClN2O2S. The van der Waals surface area contributed by atoms with Gasteiger partial charge in [0.05, 0.1) is 24.1 Å². The van der Waals surface area contributed by atoms with Crippen LogP contribution in [0.2, 0.25) is 5.02 Å². The molecule has 1 heterocycles. The Morgan fingerprint density at radius 1 is 0.923 bits per heavy atom. The molecule has 0 saturated heterocycles. The van der Waals surface area contributed by atoms with E-state index >= 15 is 0 Å². The van der Waals surface area contributed by atoms with Crippen LogP contribution in [0.4, 0.5) is 5.69 Å². The third kappa shape index (κ3) is 11.9. The maximum Gasteiger partial charge on any atom is 0.224 e. The average molecular weight is 571 g/mol. The molecule has 0 aromatic heterocycles. The first kappa shape index (κ1) is 31.4. The highest BCUT2D eigenvalue weighted by atomic mass is 35.5. The van der Waals surface area contributed by atoms with Crippen molar-refractivity contribution in [3.8, 4) is 5.75 Å². The molecule has 2 aromatic carbocycles. The summed E-state index contributed by atoms with van der Waals surface area (Å²) in [6.07, 6.45) is 18.0. The number of ether oxygens (including phenoxy) is 1. The summed E-state index contributed by atoms with van der Waals surface area (Å²) in [7, 11) is 0.